The number of aryl methyl sites for hydroxylation is 1. The second-order valence-electron chi connectivity index (χ2n) is 6.86. The van der Waals surface area contributed by atoms with Gasteiger partial charge in [0.15, 0.2) is 5.69 Å². The average molecular weight is 448 g/mol. The van der Waals surface area contributed by atoms with Gasteiger partial charge in [0.1, 0.15) is 0 Å². The first kappa shape index (κ1) is 19.7. The van der Waals surface area contributed by atoms with Gasteiger partial charge in [-0.3, -0.25) is 4.79 Å². The standard InChI is InChI=1S/C22H17N5O2S2/c1-14-23-16(12-30-14)13-31-22-25-24-20(29-22)19-17-9-5-6-10-18(17)21(28)27(26-19)11-15-7-3-2-4-8-15/h2-10,12H,11,13H2,1H3. The van der Waals surface area contributed by atoms with E-state index in [9.17, 15) is 4.79 Å². The Bertz CT molecular complexity index is 1410. The van der Waals surface area contributed by atoms with E-state index < -0.39 is 0 Å². The molecule has 5 rings (SSSR count). The van der Waals surface area contributed by atoms with Crippen LogP contribution >= 0.6 is 23.1 Å². The summed E-state index contributed by atoms with van der Waals surface area (Å²) >= 11 is 3.04. The first-order valence-corrected chi connectivity index (χ1v) is 11.5. The number of nitrogens with zero attached hydrogens (tertiary/aromatic N) is 5. The van der Waals surface area contributed by atoms with Crippen molar-refractivity contribution >= 4 is 33.9 Å². The molecule has 0 spiro atoms. The largest absolute Gasteiger partial charge is 0.409 e. The highest BCUT2D eigenvalue weighted by Gasteiger charge is 2.18. The minimum absolute atomic E-state index is 0.156. The maximum atomic E-state index is 13.0. The molecule has 0 aliphatic heterocycles. The lowest BCUT2D eigenvalue weighted by atomic mass is 10.1. The maximum Gasteiger partial charge on any atom is 0.277 e. The lowest BCUT2D eigenvalue weighted by Gasteiger charge is -2.09. The van der Waals surface area contributed by atoms with Crippen LogP contribution in [0.2, 0.25) is 0 Å². The molecule has 3 heterocycles. The quantitative estimate of drug-likeness (QED) is 0.353. The molecule has 0 aliphatic carbocycles. The Hall–Kier alpha value is -3.30. The molecule has 0 unspecified atom stereocenters. The Labute approximate surface area is 185 Å². The molecule has 0 aliphatic rings. The van der Waals surface area contributed by atoms with Gasteiger partial charge in [0.25, 0.3) is 16.7 Å². The number of benzene rings is 2. The second kappa shape index (κ2) is 8.44. The molecular weight excluding hydrogens is 430 g/mol. The van der Waals surface area contributed by atoms with Gasteiger partial charge in [-0.25, -0.2) is 9.67 Å². The van der Waals surface area contributed by atoms with E-state index in [0.717, 1.165) is 16.3 Å². The molecule has 0 amide bonds. The van der Waals surface area contributed by atoms with Crippen molar-refractivity contribution in [3.63, 3.8) is 0 Å². The Balaban J connectivity index is 1.51. The number of hydrogen-bond donors (Lipinski definition) is 0. The van der Waals surface area contributed by atoms with Crippen molar-refractivity contribution < 1.29 is 4.42 Å². The predicted molar refractivity (Wildman–Crippen MR) is 121 cm³/mol. The Morgan fingerprint density at radius 1 is 1.03 bits per heavy atom. The zero-order valence-corrected chi connectivity index (χ0v) is 18.2. The summed E-state index contributed by atoms with van der Waals surface area (Å²) in [5.41, 5.74) is 2.30. The zero-order valence-electron chi connectivity index (χ0n) is 16.6. The summed E-state index contributed by atoms with van der Waals surface area (Å²) in [5.74, 6) is 0.933. The van der Waals surface area contributed by atoms with Gasteiger partial charge in [-0.05, 0) is 18.6 Å². The monoisotopic (exact) mass is 447 g/mol. The molecule has 31 heavy (non-hydrogen) atoms. The summed E-state index contributed by atoms with van der Waals surface area (Å²) in [5, 5.41) is 17.7. The molecule has 2 aromatic carbocycles. The van der Waals surface area contributed by atoms with Crippen LogP contribution < -0.4 is 5.56 Å². The van der Waals surface area contributed by atoms with E-state index in [1.165, 1.54) is 16.4 Å². The van der Waals surface area contributed by atoms with E-state index in [2.05, 4.69) is 20.3 Å². The first-order valence-electron chi connectivity index (χ1n) is 9.59. The molecule has 0 bridgehead atoms. The summed E-state index contributed by atoms with van der Waals surface area (Å²) in [6.45, 7) is 2.33. The minimum Gasteiger partial charge on any atom is -0.409 e. The predicted octanol–water partition coefficient (Wildman–Crippen LogP) is 4.55. The molecule has 9 heteroatoms. The van der Waals surface area contributed by atoms with Crippen LogP contribution in [0.25, 0.3) is 22.4 Å². The lowest BCUT2D eigenvalue weighted by Crippen LogP contribution is -2.24. The Kier molecular flexibility index (Phi) is 5.35. The molecule has 0 atom stereocenters. The van der Waals surface area contributed by atoms with Gasteiger partial charge in [0, 0.05) is 16.5 Å². The smallest absolute Gasteiger partial charge is 0.277 e. The first-order chi connectivity index (χ1) is 15.2. The van der Waals surface area contributed by atoms with Crippen molar-refractivity contribution in [3.05, 3.63) is 86.6 Å². The number of rotatable bonds is 6. The highest BCUT2D eigenvalue weighted by molar-refractivity contribution is 7.98. The molecule has 154 valence electrons. The van der Waals surface area contributed by atoms with E-state index in [-0.39, 0.29) is 11.4 Å². The fourth-order valence-corrected chi connectivity index (χ4v) is 4.60. The van der Waals surface area contributed by atoms with Crippen molar-refractivity contribution in [2.75, 3.05) is 0 Å². The fourth-order valence-electron chi connectivity index (χ4n) is 3.23. The van der Waals surface area contributed by atoms with Crippen LogP contribution in [0.3, 0.4) is 0 Å². The number of fused-ring (bicyclic) bond motifs is 1. The van der Waals surface area contributed by atoms with Crippen LogP contribution in [-0.4, -0.2) is 25.0 Å². The SMILES string of the molecule is Cc1nc(CSc2nnc(-c3nn(Cc4ccccc4)c(=O)c4ccccc34)o2)cs1. The van der Waals surface area contributed by atoms with Crippen molar-refractivity contribution in [2.24, 2.45) is 0 Å². The van der Waals surface area contributed by atoms with Gasteiger partial charge < -0.3 is 4.42 Å². The highest BCUT2D eigenvalue weighted by Crippen LogP contribution is 2.28. The van der Waals surface area contributed by atoms with Crippen LogP contribution in [0.1, 0.15) is 16.3 Å². The van der Waals surface area contributed by atoms with Gasteiger partial charge in [-0.1, -0.05) is 60.3 Å². The van der Waals surface area contributed by atoms with Gasteiger partial charge in [-0.2, -0.15) is 5.10 Å². The lowest BCUT2D eigenvalue weighted by molar-refractivity contribution is 0.462. The van der Waals surface area contributed by atoms with Crippen molar-refractivity contribution in [2.45, 2.75) is 24.4 Å². The second-order valence-corrected chi connectivity index (χ2v) is 8.85. The van der Waals surface area contributed by atoms with Crippen molar-refractivity contribution in [1.29, 1.82) is 0 Å². The number of thioether (sulfide) groups is 1. The van der Waals surface area contributed by atoms with Gasteiger partial charge in [0.2, 0.25) is 0 Å². The molecule has 3 aromatic heterocycles. The van der Waals surface area contributed by atoms with E-state index in [1.807, 2.05) is 60.8 Å². The normalized spacial score (nSPS) is 11.3. The molecule has 5 aromatic rings. The number of thiazole rings is 1. The topological polar surface area (TPSA) is 86.7 Å². The maximum absolute atomic E-state index is 13.0. The van der Waals surface area contributed by atoms with Gasteiger partial charge >= 0.3 is 0 Å². The molecule has 0 radical (unpaired) electrons. The van der Waals surface area contributed by atoms with Crippen LogP contribution in [0.15, 0.2) is 74.4 Å². The molecule has 7 nitrogen and oxygen atoms in total. The Morgan fingerprint density at radius 3 is 2.58 bits per heavy atom. The third-order valence-corrected chi connectivity index (χ3v) is 6.34. The van der Waals surface area contributed by atoms with E-state index >= 15 is 0 Å². The van der Waals surface area contributed by atoms with Gasteiger partial charge in [-0.15, -0.1) is 21.5 Å². The third kappa shape index (κ3) is 4.14. The summed E-state index contributed by atoms with van der Waals surface area (Å²) in [6, 6.07) is 17.1. The van der Waals surface area contributed by atoms with Crippen LogP contribution in [0, 0.1) is 6.92 Å². The summed E-state index contributed by atoms with van der Waals surface area (Å²) < 4.78 is 7.34. The number of hydrogen-bond acceptors (Lipinski definition) is 8. The van der Waals surface area contributed by atoms with Gasteiger partial charge in [0.05, 0.1) is 22.6 Å². The molecular formula is C22H17N5O2S2. The minimum atomic E-state index is -0.156. The number of aromatic nitrogens is 5. The van der Waals surface area contributed by atoms with E-state index in [4.69, 9.17) is 4.42 Å². The van der Waals surface area contributed by atoms with E-state index in [0.29, 0.717) is 34.0 Å². The van der Waals surface area contributed by atoms with Crippen LogP contribution in [0.5, 0.6) is 0 Å². The van der Waals surface area contributed by atoms with Crippen molar-refractivity contribution in [3.8, 4) is 11.6 Å². The summed E-state index contributed by atoms with van der Waals surface area (Å²) in [7, 11) is 0. The Morgan fingerprint density at radius 2 is 1.81 bits per heavy atom. The fraction of sp³-hybridized carbons (Fsp3) is 0.136. The van der Waals surface area contributed by atoms with Crippen LogP contribution in [-0.2, 0) is 12.3 Å². The van der Waals surface area contributed by atoms with Crippen LogP contribution in [0.4, 0.5) is 0 Å². The molecule has 0 saturated heterocycles. The molecule has 0 fully saturated rings. The third-order valence-electron chi connectivity index (χ3n) is 4.66. The molecule has 0 saturated carbocycles. The highest BCUT2D eigenvalue weighted by atomic mass is 32.2. The molecule has 0 N–H and O–H groups in total. The average Bonchev–Trinajstić information content (AvgIpc) is 3.44. The van der Waals surface area contributed by atoms with E-state index in [1.54, 1.807) is 17.4 Å². The summed E-state index contributed by atoms with van der Waals surface area (Å²) in [4.78, 5) is 17.5. The zero-order chi connectivity index (χ0) is 21.2. The van der Waals surface area contributed by atoms with Crippen molar-refractivity contribution in [1.82, 2.24) is 25.0 Å². The summed E-state index contributed by atoms with van der Waals surface area (Å²) in [6.07, 6.45) is 0.